The van der Waals surface area contributed by atoms with E-state index in [-0.39, 0.29) is 11.5 Å². The van der Waals surface area contributed by atoms with Gasteiger partial charge in [-0.15, -0.1) is 21.5 Å². The molecule has 3 aromatic heterocycles. The van der Waals surface area contributed by atoms with Crippen molar-refractivity contribution in [1.82, 2.24) is 19.2 Å². The van der Waals surface area contributed by atoms with E-state index in [0.717, 1.165) is 23.4 Å². The van der Waals surface area contributed by atoms with E-state index in [9.17, 15) is 9.59 Å². The predicted octanol–water partition coefficient (Wildman–Crippen LogP) is 3.67. The lowest BCUT2D eigenvalue weighted by atomic mass is 10.1. The average Bonchev–Trinajstić information content (AvgIpc) is 3.44. The Labute approximate surface area is 189 Å². The van der Waals surface area contributed by atoms with Crippen LogP contribution < -0.4 is 10.9 Å². The van der Waals surface area contributed by atoms with E-state index in [2.05, 4.69) is 22.4 Å². The Morgan fingerprint density at radius 2 is 1.97 bits per heavy atom. The van der Waals surface area contributed by atoms with Crippen molar-refractivity contribution in [3.63, 3.8) is 0 Å². The van der Waals surface area contributed by atoms with Crippen LogP contribution in [0.15, 0.2) is 40.5 Å². The number of nitrogens with one attached hydrogen (secondary N) is 1. The van der Waals surface area contributed by atoms with Gasteiger partial charge in [-0.1, -0.05) is 19.1 Å². The van der Waals surface area contributed by atoms with Gasteiger partial charge in [-0.25, -0.2) is 0 Å². The van der Waals surface area contributed by atoms with Crippen LogP contribution in [0.3, 0.4) is 0 Å². The van der Waals surface area contributed by atoms with Crippen molar-refractivity contribution >= 4 is 38.9 Å². The predicted molar refractivity (Wildman–Crippen MR) is 127 cm³/mol. The lowest BCUT2D eigenvalue weighted by Crippen LogP contribution is -2.23. The number of aryl methyl sites for hydroxylation is 3. The molecule has 0 aliphatic carbocycles. The third-order valence-corrected chi connectivity index (χ3v) is 6.35. The Hall–Kier alpha value is -3.04. The summed E-state index contributed by atoms with van der Waals surface area (Å²) in [6, 6.07) is 9.83. The number of hydrogen-bond donors (Lipinski definition) is 1. The molecule has 0 radical (unpaired) electrons. The topological polar surface area (TPSA) is 90.5 Å². The summed E-state index contributed by atoms with van der Waals surface area (Å²) < 4.78 is 9.43. The molecule has 168 valence electrons. The van der Waals surface area contributed by atoms with Crippen LogP contribution in [0.2, 0.25) is 0 Å². The molecule has 0 bridgehead atoms. The second kappa shape index (κ2) is 10.1. The maximum atomic E-state index is 12.9. The smallest absolute Gasteiger partial charge is 0.272 e. The van der Waals surface area contributed by atoms with Gasteiger partial charge >= 0.3 is 0 Å². The molecule has 0 saturated heterocycles. The van der Waals surface area contributed by atoms with Gasteiger partial charge < -0.3 is 10.1 Å². The van der Waals surface area contributed by atoms with Crippen LogP contribution in [-0.2, 0) is 28.9 Å². The largest absolute Gasteiger partial charge is 0.385 e. The first kappa shape index (κ1) is 22.2. The number of rotatable bonds is 10. The SMILES string of the molecule is CCc1ccc(NC(=O)CCCc2nnc3n(CCCOC)c(=O)c4sccc4n23)cc1. The van der Waals surface area contributed by atoms with Crippen molar-refractivity contribution in [3.8, 4) is 0 Å². The van der Waals surface area contributed by atoms with Crippen molar-refractivity contribution < 1.29 is 9.53 Å². The molecule has 0 fully saturated rings. The summed E-state index contributed by atoms with van der Waals surface area (Å²) in [4.78, 5) is 25.3. The van der Waals surface area contributed by atoms with Gasteiger partial charge in [-0.05, 0) is 48.4 Å². The first-order chi connectivity index (χ1) is 15.6. The maximum Gasteiger partial charge on any atom is 0.272 e. The number of hydrogen-bond acceptors (Lipinski definition) is 6. The van der Waals surface area contributed by atoms with Crippen molar-refractivity contribution in [2.75, 3.05) is 19.0 Å². The molecule has 3 heterocycles. The van der Waals surface area contributed by atoms with E-state index in [4.69, 9.17) is 4.74 Å². The number of carbonyl (C=O) groups is 1. The van der Waals surface area contributed by atoms with Gasteiger partial charge in [0.2, 0.25) is 11.7 Å². The Morgan fingerprint density at radius 1 is 1.16 bits per heavy atom. The molecule has 32 heavy (non-hydrogen) atoms. The van der Waals surface area contributed by atoms with Crippen molar-refractivity contribution in [2.24, 2.45) is 0 Å². The molecule has 1 N–H and O–H groups in total. The number of anilines is 1. The van der Waals surface area contributed by atoms with E-state index < -0.39 is 0 Å². The zero-order chi connectivity index (χ0) is 22.5. The number of amides is 1. The van der Waals surface area contributed by atoms with Crippen LogP contribution in [0.25, 0.3) is 16.0 Å². The van der Waals surface area contributed by atoms with Crippen LogP contribution >= 0.6 is 11.3 Å². The molecule has 0 unspecified atom stereocenters. The van der Waals surface area contributed by atoms with Gasteiger partial charge in [0.1, 0.15) is 10.5 Å². The summed E-state index contributed by atoms with van der Waals surface area (Å²) in [5, 5.41) is 13.5. The molecular formula is C23H27N5O3S. The third-order valence-electron chi connectivity index (χ3n) is 5.46. The number of methoxy groups -OCH3 is 1. The Kier molecular flexibility index (Phi) is 6.96. The fourth-order valence-electron chi connectivity index (χ4n) is 3.77. The van der Waals surface area contributed by atoms with Gasteiger partial charge in [0.25, 0.3) is 5.56 Å². The van der Waals surface area contributed by atoms with Crippen LogP contribution in [0.4, 0.5) is 5.69 Å². The molecule has 0 aliphatic rings. The lowest BCUT2D eigenvalue weighted by molar-refractivity contribution is -0.116. The highest BCUT2D eigenvalue weighted by Crippen LogP contribution is 2.21. The average molecular weight is 454 g/mol. The number of carbonyl (C=O) groups excluding carboxylic acids is 1. The molecule has 9 heteroatoms. The van der Waals surface area contributed by atoms with Gasteiger partial charge in [-0.3, -0.25) is 18.6 Å². The van der Waals surface area contributed by atoms with E-state index in [0.29, 0.717) is 49.3 Å². The zero-order valence-electron chi connectivity index (χ0n) is 18.3. The van der Waals surface area contributed by atoms with E-state index in [1.165, 1.54) is 16.9 Å². The Bertz CT molecular complexity index is 1270. The molecule has 0 atom stereocenters. The quantitative estimate of drug-likeness (QED) is 0.370. The second-order valence-corrected chi connectivity index (χ2v) is 8.56. The van der Waals surface area contributed by atoms with Crippen molar-refractivity contribution in [3.05, 3.63) is 57.5 Å². The first-order valence-corrected chi connectivity index (χ1v) is 11.7. The standard InChI is InChI=1S/C23H27N5O3S/c1-3-16-8-10-17(11-9-16)24-20(29)7-4-6-19-25-26-23-27(13-5-14-31-2)22(30)21-18(28(19)23)12-15-32-21/h8-12,15H,3-7,13-14H2,1-2H3,(H,24,29). The summed E-state index contributed by atoms with van der Waals surface area (Å²) in [6.45, 7) is 3.18. The van der Waals surface area contributed by atoms with Crippen molar-refractivity contribution in [1.29, 1.82) is 0 Å². The Morgan fingerprint density at radius 3 is 2.72 bits per heavy atom. The molecule has 1 aromatic carbocycles. The van der Waals surface area contributed by atoms with Gasteiger partial charge in [0.05, 0.1) is 5.52 Å². The molecule has 4 rings (SSSR count). The minimum Gasteiger partial charge on any atom is -0.385 e. The minimum absolute atomic E-state index is 0.0276. The monoisotopic (exact) mass is 453 g/mol. The number of nitrogens with zero attached hydrogens (tertiary/aromatic N) is 4. The summed E-state index contributed by atoms with van der Waals surface area (Å²) >= 11 is 1.42. The summed E-state index contributed by atoms with van der Waals surface area (Å²) in [6.07, 6.45) is 3.28. The minimum atomic E-state index is -0.0500. The van der Waals surface area contributed by atoms with Gasteiger partial charge in [0.15, 0.2) is 0 Å². The highest BCUT2D eigenvalue weighted by molar-refractivity contribution is 7.17. The van der Waals surface area contributed by atoms with Crippen LogP contribution in [0.1, 0.15) is 37.6 Å². The highest BCUT2D eigenvalue weighted by atomic mass is 32.1. The van der Waals surface area contributed by atoms with Crippen LogP contribution in [0.5, 0.6) is 0 Å². The first-order valence-electron chi connectivity index (χ1n) is 10.8. The summed E-state index contributed by atoms with van der Waals surface area (Å²) in [5.74, 6) is 1.26. The number of ether oxygens (including phenoxy) is 1. The van der Waals surface area contributed by atoms with Gasteiger partial charge in [0, 0.05) is 38.8 Å². The molecule has 0 spiro atoms. The van der Waals surface area contributed by atoms with Crippen LogP contribution in [-0.4, -0.2) is 38.8 Å². The maximum absolute atomic E-state index is 12.9. The molecular weight excluding hydrogens is 426 g/mol. The number of fused-ring (bicyclic) bond motifs is 3. The molecule has 4 aromatic rings. The fourth-order valence-corrected chi connectivity index (χ4v) is 4.59. The third kappa shape index (κ3) is 4.58. The number of benzene rings is 1. The lowest BCUT2D eigenvalue weighted by Gasteiger charge is -2.09. The van der Waals surface area contributed by atoms with Crippen molar-refractivity contribution in [2.45, 2.75) is 45.6 Å². The summed E-state index contributed by atoms with van der Waals surface area (Å²) in [7, 11) is 1.65. The zero-order valence-corrected chi connectivity index (χ0v) is 19.2. The fraction of sp³-hybridized carbons (Fsp3) is 0.391. The molecule has 0 aliphatic heterocycles. The summed E-state index contributed by atoms with van der Waals surface area (Å²) in [5.41, 5.74) is 2.81. The van der Waals surface area contributed by atoms with Crippen LogP contribution in [0, 0.1) is 0 Å². The normalized spacial score (nSPS) is 11.4. The second-order valence-electron chi connectivity index (χ2n) is 7.64. The Balaban J connectivity index is 1.48. The molecule has 0 saturated carbocycles. The highest BCUT2D eigenvalue weighted by Gasteiger charge is 2.17. The van der Waals surface area contributed by atoms with E-state index in [1.54, 1.807) is 11.7 Å². The number of aromatic nitrogens is 4. The number of thiophene rings is 1. The molecule has 1 amide bonds. The van der Waals surface area contributed by atoms with Gasteiger partial charge in [-0.2, -0.15) is 0 Å². The van der Waals surface area contributed by atoms with E-state index in [1.807, 2.05) is 40.1 Å². The van der Waals surface area contributed by atoms with E-state index >= 15 is 0 Å². The molecule has 8 nitrogen and oxygen atoms in total.